The van der Waals surface area contributed by atoms with Crippen molar-refractivity contribution in [2.75, 3.05) is 13.2 Å². The fourth-order valence-electron chi connectivity index (χ4n) is 7.78. The molecule has 6 nitrogen and oxygen atoms in total. The summed E-state index contributed by atoms with van der Waals surface area (Å²) in [5.41, 5.74) is 0. The third-order valence-electron chi connectivity index (χ3n) is 12.1. The summed E-state index contributed by atoms with van der Waals surface area (Å²) in [5, 5.41) is 0. The van der Waals surface area contributed by atoms with Gasteiger partial charge in [0.05, 0.1) is 0 Å². The molecule has 0 saturated heterocycles. The van der Waals surface area contributed by atoms with Crippen LogP contribution in [0.1, 0.15) is 285 Å². The van der Waals surface area contributed by atoms with Gasteiger partial charge in [0, 0.05) is 19.3 Å². The van der Waals surface area contributed by atoms with Crippen molar-refractivity contribution in [2.45, 2.75) is 291 Å². The maximum Gasteiger partial charge on any atom is 0.306 e. The van der Waals surface area contributed by atoms with Crippen LogP contribution in [0, 0.1) is 11.8 Å². The lowest BCUT2D eigenvalue weighted by Crippen LogP contribution is -2.30. The first-order valence-electron chi connectivity index (χ1n) is 25.8. The SMILES string of the molecule is CCCCCCCCCCCCCCCCC(=O)OC[C@@H](COC(=O)CCCCCCCCC(C)CC)OC(=O)CCCCCCCCCCCCCCCC(C)C. The molecule has 344 valence electrons. The van der Waals surface area contributed by atoms with E-state index in [4.69, 9.17) is 14.2 Å². The molecule has 0 aromatic carbocycles. The van der Waals surface area contributed by atoms with Gasteiger partial charge in [-0.25, -0.2) is 0 Å². The number of carbonyl (C=O) groups is 3. The highest BCUT2D eigenvalue weighted by Crippen LogP contribution is 2.18. The Balaban J connectivity index is 4.30. The largest absolute Gasteiger partial charge is 0.462 e. The summed E-state index contributed by atoms with van der Waals surface area (Å²) in [6.45, 7) is 11.4. The minimum absolute atomic E-state index is 0.0642. The summed E-state index contributed by atoms with van der Waals surface area (Å²) in [6, 6.07) is 0. The highest BCUT2D eigenvalue weighted by atomic mass is 16.6. The molecular weight excluding hydrogens is 721 g/mol. The van der Waals surface area contributed by atoms with Gasteiger partial charge < -0.3 is 14.2 Å². The molecule has 0 fully saturated rings. The second kappa shape index (κ2) is 44.9. The number of carbonyl (C=O) groups excluding carboxylic acids is 3. The van der Waals surface area contributed by atoms with Gasteiger partial charge in [0.1, 0.15) is 13.2 Å². The van der Waals surface area contributed by atoms with Crippen molar-refractivity contribution >= 4 is 17.9 Å². The number of rotatable bonds is 46. The fourth-order valence-corrected chi connectivity index (χ4v) is 7.78. The van der Waals surface area contributed by atoms with Gasteiger partial charge in [-0.3, -0.25) is 14.4 Å². The van der Waals surface area contributed by atoms with E-state index in [-0.39, 0.29) is 31.1 Å². The van der Waals surface area contributed by atoms with Gasteiger partial charge in [0.15, 0.2) is 6.10 Å². The number of hydrogen-bond acceptors (Lipinski definition) is 6. The number of ether oxygens (including phenoxy) is 3. The molecule has 0 N–H and O–H groups in total. The highest BCUT2D eigenvalue weighted by molar-refractivity contribution is 5.71. The first-order chi connectivity index (χ1) is 28.3. The Bertz CT molecular complexity index is 887. The van der Waals surface area contributed by atoms with Crippen LogP contribution in [0.5, 0.6) is 0 Å². The standard InChI is InChI=1S/C52H100O6/c1-6-8-9-10-11-12-13-14-17-20-23-26-32-37-42-50(53)56-45-49(46-57-51(54)43-38-33-29-28-31-36-41-48(5)7-2)58-52(55)44-39-34-27-24-21-18-15-16-19-22-25-30-35-40-47(3)4/h47-49H,6-46H2,1-5H3/t48?,49-/m0/s1. The molecular formula is C52H100O6. The monoisotopic (exact) mass is 821 g/mol. The predicted molar refractivity (Wildman–Crippen MR) is 247 cm³/mol. The van der Waals surface area contributed by atoms with Crippen LogP contribution in [-0.4, -0.2) is 37.2 Å². The van der Waals surface area contributed by atoms with Crippen molar-refractivity contribution in [2.24, 2.45) is 11.8 Å². The quantitative estimate of drug-likeness (QED) is 0.0346. The molecule has 0 aromatic heterocycles. The lowest BCUT2D eigenvalue weighted by atomic mass is 10.00. The van der Waals surface area contributed by atoms with Gasteiger partial charge in [0.2, 0.25) is 0 Å². The van der Waals surface area contributed by atoms with Crippen LogP contribution in [0.3, 0.4) is 0 Å². The highest BCUT2D eigenvalue weighted by Gasteiger charge is 2.19. The van der Waals surface area contributed by atoms with Gasteiger partial charge in [-0.05, 0) is 31.1 Å². The zero-order valence-corrected chi connectivity index (χ0v) is 39.7. The van der Waals surface area contributed by atoms with E-state index in [0.717, 1.165) is 69.6 Å². The summed E-state index contributed by atoms with van der Waals surface area (Å²) in [5.74, 6) is 0.801. The number of unbranched alkanes of at least 4 members (excludes halogenated alkanes) is 30. The maximum absolute atomic E-state index is 12.8. The third-order valence-corrected chi connectivity index (χ3v) is 12.1. The van der Waals surface area contributed by atoms with Crippen molar-refractivity contribution in [3.05, 3.63) is 0 Å². The topological polar surface area (TPSA) is 78.9 Å². The Morgan fingerprint density at radius 1 is 0.362 bits per heavy atom. The van der Waals surface area contributed by atoms with Gasteiger partial charge in [-0.2, -0.15) is 0 Å². The van der Waals surface area contributed by atoms with E-state index in [1.54, 1.807) is 0 Å². The summed E-state index contributed by atoms with van der Waals surface area (Å²) in [4.78, 5) is 37.9. The van der Waals surface area contributed by atoms with Crippen LogP contribution in [0.25, 0.3) is 0 Å². The van der Waals surface area contributed by atoms with Gasteiger partial charge in [0.25, 0.3) is 0 Å². The molecule has 0 spiro atoms. The Labute approximate surface area is 361 Å². The fraction of sp³-hybridized carbons (Fsp3) is 0.942. The molecule has 58 heavy (non-hydrogen) atoms. The van der Waals surface area contributed by atoms with E-state index in [2.05, 4.69) is 34.6 Å². The van der Waals surface area contributed by atoms with Gasteiger partial charge >= 0.3 is 17.9 Å². The second-order valence-electron chi connectivity index (χ2n) is 18.5. The molecule has 6 heteroatoms. The van der Waals surface area contributed by atoms with Crippen molar-refractivity contribution in [3.8, 4) is 0 Å². The Morgan fingerprint density at radius 3 is 0.983 bits per heavy atom. The maximum atomic E-state index is 12.8. The van der Waals surface area contributed by atoms with E-state index in [9.17, 15) is 14.4 Å². The predicted octanol–water partition coefficient (Wildman–Crippen LogP) is 16.5. The average molecular weight is 821 g/mol. The minimum atomic E-state index is -0.762. The molecule has 0 heterocycles. The van der Waals surface area contributed by atoms with Crippen molar-refractivity contribution < 1.29 is 28.6 Å². The summed E-state index contributed by atoms with van der Waals surface area (Å²) < 4.78 is 16.8. The molecule has 0 aliphatic heterocycles. The van der Waals surface area contributed by atoms with Crippen LogP contribution in [0.15, 0.2) is 0 Å². The van der Waals surface area contributed by atoms with E-state index >= 15 is 0 Å². The average Bonchev–Trinajstić information content (AvgIpc) is 3.21. The van der Waals surface area contributed by atoms with Gasteiger partial charge in [-0.15, -0.1) is 0 Å². The molecule has 0 rings (SSSR count). The molecule has 0 radical (unpaired) electrons. The Morgan fingerprint density at radius 2 is 0.655 bits per heavy atom. The van der Waals surface area contributed by atoms with E-state index in [0.29, 0.717) is 19.3 Å². The van der Waals surface area contributed by atoms with E-state index < -0.39 is 6.10 Å². The number of esters is 3. The second-order valence-corrected chi connectivity index (χ2v) is 18.5. The van der Waals surface area contributed by atoms with Crippen LogP contribution < -0.4 is 0 Å². The van der Waals surface area contributed by atoms with Crippen molar-refractivity contribution in [1.29, 1.82) is 0 Å². The zero-order valence-electron chi connectivity index (χ0n) is 39.7. The summed E-state index contributed by atoms with van der Waals surface area (Å²) >= 11 is 0. The molecule has 0 saturated carbocycles. The van der Waals surface area contributed by atoms with Crippen LogP contribution in [0.4, 0.5) is 0 Å². The minimum Gasteiger partial charge on any atom is -0.462 e. The van der Waals surface area contributed by atoms with Gasteiger partial charge in [-0.1, -0.05) is 247 Å². The first kappa shape index (κ1) is 56.4. The number of hydrogen-bond donors (Lipinski definition) is 0. The van der Waals surface area contributed by atoms with Crippen molar-refractivity contribution in [3.63, 3.8) is 0 Å². The van der Waals surface area contributed by atoms with E-state index in [1.165, 1.54) is 173 Å². The third kappa shape index (κ3) is 44.0. The molecule has 1 unspecified atom stereocenters. The molecule has 0 aliphatic rings. The molecule has 2 atom stereocenters. The zero-order chi connectivity index (χ0) is 42.6. The molecule has 0 aromatic rings. The summed E-state index contributed by atoms with van der Waals surface area (Å²) in [6.07, 6.45) is 45.2. The molecule has 0 bridgehead atoms. The molecule has 0 amide bonds. The normalized spacial score (nSPS) is 12.5. The smallest absolute Gasteiger partial charge is 0.306 e. The van der Waals surface area contributed by atoms with E-state index in [1.807, 2.05) is 0 Å². The molecule has 0 aliphatic carbocycles. The Kier molecular flexibility index (Phi) is 43.7. The van der Waals surface area contributed by atoms with Crippen LogP contribution >= 0.6 is 0 Å². The lowest BCUT2D eigenvalue weighted by Gasteiger charge is -2.18. The first-order valence-corrected chi connectivity index (χ1v) is 25.8. The van der Waals surface area contributed by atoms with Crippen LogP contribution in [0.2, 0.25) is 0 Å². The lowest BCUT2D eigenvalue weighted by molar-refractivity contribution is -0.167. The van der Waals surface area contributed by atoms with Crippen LogP contribution in [-0.2, 0) is 28.6 Å². The Hall–Kier alpha value is -1.59. The van der Waals surface area contributed by atoms with Crippen molar-refractivity contribution in [1.82, 2.24) is 0 Å². The summed E-state index contributed by atoms with van der Waals surface area (Å²) in [7, 11) is 0.